The number of para-hydroxylation sites is 1. The number of nitrogens with zero attached hydrogens (tertiary/aromatic N) is 2. The molecule has 1 N–H and O–H groups in total. The molecular formula is C21H21F2N3O. The molecule has 0 saturated heterocycles. The second-order valence-electron chi connectivity index (χ2n) is 6.79. The van der Waals surface area contributed by atoms with Gasteiger partial charge in [0, 0.05) is 30.9 Å². The molecule has 1 heterocycles. The van der Waals surface area contributed by atoms with Crippen LogP contribution in [0.2, 0.25) is 0 Å². The Bertz CT molecular complexity index is 954. The van der Waals surface area contributed by atoms with Crippen molar-refractivity contribution in [3.63, 3.8) is 0 Å². The van der Waals surface area contributed by atoms with Crippen molar-refractivity contribution in [2.45, 2.75) is 31.8 Å². The summed E-state index contributed by atoms with van der Waals surface area (Å²) < 4.78 is 35.3. The minimum Gasteiger partial charge on any atom is -0.451 e. The molecule has 0 unspecified atom stereocenters. The first-order valence-electron chi connectivity index (χ1n) is 9.07. The van der Waals surface area contributed by atoms with E-state index in [1.165, 1.54) is 35.5 Å². The Balaban J connectivity index is 1.44. The second kappa shape index (κ2) is 7.48. The smallest absolute Gasteiger partial charge is 0.166 e. The van der Waals surface area contributed by atoms with Gasteiger partial charge in [0.2, 0.25) is 0 Å². The van der Waals surface area contributed by atoms with E-state index in [2.05, 4.69) is 10.4 Å². The highest BCUT2D eigenvalue weighted by Crippen LogP contribution is 2.30. The molecule has 4 nitrogen and oxygen atoms in total. The highest BCUT2D eigenvalue weighted by Gasteiger charge is 2.23. The van der Waals surface area contributed by atoms with Crippen LogP contribution in [-0.4, -0.2) is 9.78 Å². The van der Waals surface area contributed by atoms with Crippen LogP contribution >= 0.6 is 0 Å². The van der Waals surface area contributed by atoms with Crippen LogP contribution in [0.15, 0.2) is 48.7 Å². The maximum atomic E-state index is 14.4. The molecule has 0 amide bonds. The molecule has 1 aliphatic carbocycles. The Kier molecular flexibility index (Phi) is 4.90. The highest BCUT2D eigenvalue weighted by molar-refractivity contribution is 5.35. The monoisotopic (exact) mass is 369 g/mol. The Labute approximate surface area is 156 Å². The van der Waals surface area contributed by atoms with E-state index in [-0.39, 0.29) is 17.5 Å². The normalized spacial score (nSPS) is 16.2. The Morgan fingerprint density at radius 1 is 1.15 bits per heavy atom. The Hall–Kier alpha value is -2.73. The van der Waals surface area contributed by atoms with Crippen LogP contribution in [0.25, 0.3) is 0 Å². The minimum atomic E-state index is -0.521. The van der Waals surface area contributed by atoms with Gasteiger partial charge in [-0.2, -0.15) is 5.10 Å². The van der Waals surface area contributed by atoms with Crippen LogP contribution in [-0.2, 0) is 20.0 Å². The lowest BCUT2D eigenvalue weighted by Crippen LogP contribution is -2.25. The molecule has 0 aliphatic heterocycles. The van der Waals surface area contributed by atoms with Crippen LogP contribution in [0.1, 0.15) is 35.7 Å². The molecule has 0 bridgehead atoms. The third-order valence-electron chi connectivity index (χ3n) is 4.98. The molecule has 0 radical (unpaired) electrons. The van der Waals surface area contributed by atoms with Gasteiger partial charge in [0.05, 0.1) is 6.20 Å². The third kappa shape index (κ3) is 3.71. The van der Waals surface area contributed by atoms with E-state index in [0.29, 0.717) is 6.54 Å². The van der Waals surface area contributed by atoms with Crippen LogP contribution < -0.4 is 10.1 Å². The van der Waals surface area contributed by atoms with Crippen molar-refractivity contribution in [2.24, 2.45) is 7.05 Å². The van der Waals surface area contributed by atoms with Crippen molar-refractivity contribution in [1.29, 1.82) is 0 Å². The van der Waals surface area contributed by atoms with E-state index in [1.807, 2.05) is 17.9 Å². The van der Waals surface area contributed by atoms with E-state index in [0.717, 1.165) is 24.8 Å². The maximum absolute atomic E-state index is 14.4. The molecule has 1 aliphatic rings. The van der Waals surface area contributed by atoms with E-state index in [1.54, 1.807) is 18.2 Å². The van der Waals surface area contributed by atoms with Crippen LogP contribution in [0, 0.1) is 11.6 Å². The lowest BCUT2D eigenvalue weighted by atomic mass is 9.93. The van der Waals surface area contributed by atoms with Crippen molar-refractivity contribution in [3.8, 4) is 11.5 Å². The van der Waals surface area contributed by atoms with Gasteiger partial charge in [0.25, 0.3) is 0 Å². The first-order chi connectivity index (χ1) is 13.1. The molecule has 0 saturated carbocycles. The quantitative estimate of drug-likeness (QED) is 0.711. The first kappa shape index (κ1) is 17.7. The number of ether oxygens (including phenoxy) is 1. The average Bonchev–Trinajstić information content (AvgIpc) is 3.05. The lowest BCUT2D eigenvalue weighted by Gasteiger charge is -2.24. The Morgan fingerprint density at radius 2 is 1.96 bits per heavy atom. The van der Waals surface area contributed by atoms with Crippen molar-refractivity contribution in [2.75, 3.05) is 0 Å². The molecular weight excluding hydrogens is 348 g/mol. The van der Waals surface area contributed by atoms with Gasteiger partial charge in [0.1, 0.15) is 0 Å². The summed E-state index contributed by atoms with van der Waals surface area (Å²) in [5, 5.41) is 7.84. The Morgan fingerprint density at radius 3 is 2.78 bits per heavy atom. The number of fused-ring (bicyclic) bond motifs is 1. The summed E-state index contributed by atoms with van der Waals surface area (Å²) in [5.41, 5.74) is 3.30. The zero-order valence-electron chi connectivity index (χ0n) is 15.1. The van der Waals surface area contributed by atoms with Gasteiger partial charge in [-0.3, -0.25) is 4.68 Å². The van der Waals surface area contributed by atoms with E-state index >= 15 is 0 Å². The van der Waals surface area contributed by atoms with Gasteiger partial charge < -0.3 is 10.1 Å². The maximum Gasteiger partial charge on any atom is 0.166 e. The van der Waals surface area contributed by atoms with Gasteiger partial charge in [0.15, 0.2) is 23.1 Å². The first-order valence-corrected chi connectivity index (χ1v) is 9.07. The minimum absolute atomic E-state index is 0.00795. The molecule has 0 spiro atoms. The molecule has 2 aromatic carbocycles. The number of benzene rings is 2. The van der Waals surface area contributed by atoms with Crippen LogP contribution in [0.3, 0.4) is 0 Å². The number of nitrogens with one attached hydrogen (secondary N) is 1. The fourth-order valence-electron chi connectivity index (χ4n) is 3.54. The third-order valence-corrected chi connectivity index (χ3v) is 4.98. The molecule has 3 aromatic rings. The fourth-order valence-corrected chi connectivity index (χ4v) is 3.54. The summed E-state index contributed by atoms with van der Waals surface area (Å²) in [4.78, 5) is 0. The van der Waals surface area contributed by atoms with Gasteiger partial charge in [-0.05, 0) is 49.1 Å². The average molecular weight is 369 g/mol. The van der Waals surface area contributed by atoms with Gasteiger partial charge in [-0.1, -0.05) is 18.2 Å². The second-order valence-corrected chi connectivity index (χ2v) is 6.79. The highest BCUT2D eigenvalue weighted by atomic mass is 19.1. The zero-order chi connectivity index (χ0) is 18.8. The number of rotatable bonds is 5. The number of hydrogen-bond donors (Lipinski definition) is 1. The number of hydrogen-bond acceptors (Lipinski definition) is 3. The molecule has 6 heteroatoms. The van der Waals surface area contributed by atoms with Gasteiger partial charge in [-0.15, -0.1) is 0 Å². The number of aromatic nitrogens is 2. The van der Waals surface area contributed by atoms with Gasteiger partial charge >= 0.3 is 0 Å². The molecule has 1 aromatic heterocycles. The summed E-state index contributed by atoms with van der Waals surface area (Å²) in [6.07, 6.45) is 5.10. The van der Waals surface area contributed by atoms with Crippen molar-refractivity contribution in [3.05, 3.63) is 77.1 Å². The number of aryl methyl sites for hydroxylation is 1. The van der Waals surface area contributed by atoms with Crippen molar-refractivity contribution >= 4 is 0 Å². The predicted octanol–water partition coefficient (Wildman–Crippen LogP) is 4.66. The van der Waals surface area contributed by atoms with E-state index < -0.39 is 11.6 Å². The molecule has 1 atom stereocenters. The molecule has 140 valence electrons. The standard InChI is InChI=1S/C21H21F2N3O/c1-26-19-7-4-6-18(15(19)13-25-26)24-12-14-9-10-21(17(23)11-14)27-20-8-3-2-5-16(20)22/h2-3,5,8-11,13,18,24H,4,6-7,12H2,1H3/t18-/m1/s1. The summed E-state index contributed by atoms with van der Waals surface area (Å²) in [6, 6.07) is 10.9. The van der Waals surface area contributed by atoms with Gasteiger partial charge in [-0.25, -0.2) is 8.78 Å². The molecule has 4 rings (SSSR count). The summed E-state index contributed by atoms with van der Waals surface area (Å²) in [6.45, 7) is 0.538. The largest absolute Gasteiger partial charge is 0.451 e. The molecule has 0 fully saturated rings. The summed E-state index contributed by atoms with van der Waals surface area (Å²) >= 11 is 0. The van der Waals surface area contributed by atoms with Crippen molar-refractivity contribution in [1.82, 2.24) is 15.1 Å². The van der Waals surface area contributed by atoms with Crippen LogP contribution in [0.4, 0.5) is 8.78 Å². The van der Waals surface area contributed by atoms with Crippen molar-refractivity contribution < 1.29 is 13.5 Å². The fraction of sp³-hybridized carbons (Fsp3) is 0.286. The SMILES string of the molecule is Cn1ncc2c1CCC[C@H]2NCc1ccc(Oc2ccccc2F)c(F)c1. The summed E-state index contributed by atoms with van der Waals surface area (Å²) in [7, 11) is 1.96. The predicted molar refractivity (Wildman–Crippen MR) is 98.6 cm³/mol. The van der Waals surface area contributed by atoms with Crippen LogP contribution in [0.5, 0.6) is 11.5 Å². The molecule has 27 heavy (non-hydrogen) atoms. The summed E-state index contributed by atoms with van der Waals surface area (Å²) in [5.74, 6) is -1.01. The zero-order valence-corrected chi connectivity index (χ0v) is 15.1. The van der Waals surface area contributed by atoms with E-state index in [4.69, 9.17) is 4.74 Å². The van der Waals surface area contributed by atoms with E-state index in [9.17, 15) is 8.78 Å². The number of halogens is 2. The topological polar surface area (TPSA) is 39.1 Å². The lowest BCUT2D eigenvalue weighted by molar-refractivity contribution is 0.413.